The predicted octanol–water partition coefficient (Wildman–Crippen LogP) is 3.26. The highest BCUT2D eigenvalue weighted by Gasteiger charge is 2.23. The summed E-state index contributed by atoms with van der Waals surface area (Å²) in [4.78, 5) is 4.90. The van der Waals surface area contributed by atoms with Crippen LogP contribution >= 0.6 is 15.9 Å². The first kappa shape index (κ1) is 15.8. The van der Waals surface area contributed by atoms with Crippen molar-refractivity contribution in [2.75, 3.05) is 39.1 Å². The zero-order valence-corrected chi connectivity index (χ0v) is 14.6. The largest absolute Gasteiger partial charge is 0.370 e. The average molecular weight is 340 g/mol. The number of rotatable bonds is 4. The Balaban J connectivity index is 2.27. The van der Waals surface area contributed by atoms with Gasteiger partial charge in [0.2, 0.25) is 0 Å². The topological polar surface area (TPSA) is 18.5 Å². The van der Waals surface area contributed by atoms with Gasteiger partial charge >= 0.3 is 0 Å². The van der Waals surface area contributed by atoms with Gasteiger partial charge in [-0.3, -0.25) is 0 Å². The van der Waals surface area contributed by atoms with Crippen molar-refractivity contribution in [1.82, 2.24) is 10.2 Å². The first-order chi connectivity index (χ1) is 9.52. The van der Waals surface area contributed by atoms with Gasteiger partial charge in [-0.15, -0.1) is 0 Å². The summed E-state index contributed by atoms with van der Waals surface area (Å²) >= 11 is 3.61. The number of benzene rings is 1. The SMILES string of the molecule is CNC(C)c1ccc(Br)cc1N(C)C1CCCN(C)C1. The Morgan fingerprint density at radius 3 is 2.85 bits per heavy atom. The molecule has 1 fully saturated rings. The maximum atomic E-state index is 3.61. The molecule has 112 valence electrons. The van der Waals surface area contributed by atoms with E-state index >= 15 is 0 Å². The van der Waals surface area contributed by atoms with Crippen LogP contribution in [-0.4, -0.2) is 45.2 Å². The van der Waals surface area contributed by atoms with Crippen molar-refractivity contribution < 1.29 is 0 Å². The Morgan fingerprint density at radius 2 is 2.20 bits per heavy atom. The number of nitrogens with one attached hydrogen (secondary N) is 1. The van der Waals surface area contributed by atoms with E-state index in [1.165, 1.54) is 30.6 Å². The van der Waals surface area contributed by atoms with Crippen LogP contribution in [0.2, 0.25) is 0 Å². The number of piperidine rings is 1. The fourth-order valence-electron chi connectivity index (χ4n) is 3.00. The van der Waals surface area contributed by atoms with Gasteiger partial charge in [-0.25, -0.2) is 0 Å². The number of likely N-dealkylation sites (N-methyl/N-ethyl adjacent to an activating group) is 2. The molecule has 1 saturated heterocycles. The summed E-state index contributed by atoms with van der Waals surface area (Å²) in [6, 6.07) is 7.57. The standard InChI is InChI=1S/C16H26BrN3/c1-12(18-2)15-8-7-13(17)10-16(15)20(4)14-6-5-9-19(3)11-14/h7-8,10,12,14,18H,5-6,9,11H2,1-4H3. The summed E-state index contributed by atoms with van der Waals surface area (Å²) in [7, 11) is 6.47. The minimum atomic E-state index is 0.363. The molecule has 1 aliphatic rings. The van der Waals surface area contributed by atoms with E-state index in [0.717, 1.165) is 11.0 Å². The van der Waals surface area contributed by atoms with Crippen molar-refractivity contribution >= 4 is 21.6 Å². The van der Waals surface area contributed by atoms with Crippen LogP contribution in [0.1, 0.15) is 31.4 Å². The van der Waals surface area contributed by atoms with Crippen LogP contribution in [0.5, 0.6) is 0 Å². The molecule has 0 aromatic heterocycles. The molecule has 0 aliphatic carbocycles. The second-order valence-electron chi connectivity index (χ2n) is 5.88. The van der Waals surface area contributed by atoms with Gasteiger partial charge in [-0.05, 0) is 58.1 Å². The van der Waals surface area contributed by atoms with Crippen molar-refractivity contribution in [2.45, 2.75) is 31.8 Å². The predicted molar refractivity (Wildman–Crippen MR) is 90.5 cm³/mol. The van der Waals surface area contributed by atoms with Crippen LogP contribution in [0.25, 0.3) is 0 Å². The van der Waals surface area contributed by atoms with E-state index in [-0.39, 0.29) is 0 Å². The van der Waals surface area contributed by atoms with Crippen LogP contribution in [0.3, 0.4) is 0 Å². The Morgan fingerprint density at radius 1 is 1.45 bits per heavy atom. The highest BCUT2D eigenvalue weighted by atomic mass is 79.9. The van der Waals surface area contributed by atoms with Gasteiger partial charge in [-0.1, -0.05) is 22.0 Å². The molecule has 1 aromatic carbocycles. The first-order valence-corrected chi connectivity index (χ1v) is 8.20. The lowest BCUT2D eigenvalue weighted by Gasteiger charge is -2.38. The third kappa shape index (κ3) is 3.54. The van der Waals surface area contributed by atoms with Gasteiger partial charge in [-0.2, -0.15) is 0 Å². The fourth-order valence-corrected chi connectivity index (χ4v) is 3.34. The van der Waals surface area contributed by atoms with E-state index in [4.69, 9.17) is 0 Å². The third-order valence-corrected chi connectivity index (χ3v) is 4.91. The van der Waals surface area contributed by atoms with E-state index in [1.54, 1.807) is 0 Å². The van der Waals surface area contributed by atoms with E-state index < -0.39 is 0 Å². The molecule has 20 heavy (non-hydrogen) atoms. The lowest BCUT2D eigenvalue weighted by Crippen LogP contribution is -2.45. The molecule has 2 rings (SSSR count). The molecule has 0 amide bonds. The summed E-state index contributed by atoms with van der Waals surface area (Å²) in [5, 5.41) is 3.36. The first-order valence-electron chi connectivity index (χ1n) is 7.41. The van der Waals surface area contributed by atoms with Crippen LogP contribution in [0.4, 0.5) is 5.69 Å². The Labute approximate surface area is 131 Å². The van der Waals surface area contributed by atoms with Crippen LogP contribution in [-0.2, 0) is 0 Å². The van der Waals surface area contributed by atoms with Crippen molar-refractivity contribution in [3.8, 4) is 0 Å². The molecule has 1 aliphatic heterocycles. The van der Waals surface area contributed by atoms with Gasteiger partial charge in [0.25, 0.3) is 0 Å². The van der Waals surface area contributed by atoms with Crippen molar-refractivity contribution in [3.63, 3.8) is 0 Å². The zero-order chi connectivity index (χ0) is 14.7. The number of anilines is 1. The van der Waals surface area contributed by atoms with Gasteiger partial charge in [0.05, 0.1) is 0 Å². The molecule has 3 nitrogen and oxygen atoms in total. The minimum absolute atomic E-state index is 0.363. The van der Waals surface area contributed by atoms with Gasteiger partial charge in [0, 0.05) is 35.8 Å². The van der Waals surface area contributed by atoms with Crippen LogP contribution in [0, 0.1) is 0 Å². The lowest BCUT2D eigenvalue weighted by molar-refractivity contribution is 0.247. The maximum absolute atomic E-state index is 3.61. The third-order valence-electron chi connectivity index (χ3n) is 4.42. The normalized spacial score (nSPS) is 21.8. The molecule has 1 N–H and O–H groups in total. The Kier molecular flexibility index (Phi) is 5.47. The Bertz CT molecular complexity index is 449. The molecule has 0 spiro atoms. The summed E-state index contributed by atoms with van der Waals surface area (Å²) in [5.74, 6) is 0. The molecule has 2 atom stereocenters. The fraction of sp³-hybridized carbons (Fsp3) is 0.625. The monoisotopic (exact) mass is 339 g/mol. The second-order valence-corrected chi connectivity index (χ2v) is 6.80. The van der Waals surface area contributed by atoms with Crippen molar-refractivity contribution in [2.24, 2.45) is 0 Å². The number of halogens is 1. The van der Waals surface area contributed by atoms with Crippen molar-refractivity contribution in [3.05, 3.63) is 28.2 Å². The molecule has 0 radical (unpaired) electrons. The summed E-state index contributed by atoms with van der Waals surface area (Å²) in [5.41, 5.74) is 2.70. The summed E-state index contributed by atoms with van der Waals surface area (Å²) in [6.45, 7) is 4.59. The van der Waals surface area contributed by atoms with E-state index in [0.29, 0.717) is 12.1 Å². The van der Waals surface area contributed by atoms with E-state index in [1.807, 2.05) is 7.05 Å². The quantitative estimate of drug-likeness (QED) is 0.908. The second kappa shape index (κ2) is 6.92. The van der Waals surface area contributed by atoms with Crippen molar-refractivity contribution in [1.29, 1.82) is 0 Å². The molecule has 1 heterocycles. The van der Waals surface area contributed by atoms with Gasteiger partial charge < -0.3 is 15.1 Å². The molecule has 1 aromatic rings. The zero-order valence-electron chi connectivity index (χ0n) is 13.0. The summed E-state index contributed by atoms with van der Waals surface area (Å²) in [6.07, 6.45) is 2.57. The molecular weight excluding hydrogens is 314 g/mol. The maximum Gasteiger partial charge on any atom is 0.0426 e. The molecule has 0 saturated carbocycles. The minimum Gasteiger partial charge on any atom is -0.370 e. The molecular formula is C16H26BrN3. The van der Waals surface area contributed by atoms with E-state index in [9.17, 15) is 0 Å². The molecule has 4 heteroatoms. The lowest BCUT2D eigenvalue weighted by atomic mass is 10.0. The number of nitrogens with zero attached hydrogens (tertiary/aromatic N) is 2. The summed E-state index contributed by atoms with van der Waals surface area (Å²) < 4.78 is 1.15. The number of hydrogen-bond acceptors (Lipinski definition) is 3. The van der Waals surface area contributed by atoms with E-state index in [2.05, 4.69) is 70.3 Å². The number of hydrogen-bond donors (Lipinski definition) is 1. The average Bonchev–Trinajstić information content (AvgIpc) is 2.45. The van der Waals surface area contributed by atoms with Gasteiger partial charge in [0.1, 0.15) is 0 Å². The highest BCUT2D eigenvalue weighted by Crippen LogP contribution is 2.31. The van der Waals surface area contributed by atoms with Crippen LogP contribution in [0.15, 0.2) is 22.7 Å². The molecule has 2 unspecified atom stereocenters. The number of likely N-dealkylation sites (tertiary alicyclic amines) is 1. The Hall–Kier alpha value is -0.580. The molecule has 0 bridgehead atoms. The smallest absolute Gasteiger partial charge is 0.0426 e. The highest BCUT2D eigenvalue weighted by molar-refractivity contribution is 9.10. The van der Waals surface area contributed by atoms with Crippen LogP contribution < -0.4 is 10.2 Å². The van der Waals surface area contributed by atoms with Gasteiger partial charge in [0.15, 0.2) is 0 Å².